The van der Waals surface area contributed by atoms with Crippen molar-refractivity contribution in [2.75, 3.05) is 19.8 Å². The van der Waals surface area contributed by atoms with Gasteiger partial charge in [0.2, 0.25) is 0 Å². The highest BCUT2D eigenvalue weighted by Crippen LogP contribution is 2.55. The molecule has 0 atom stereocenters. The predicted molar refractivity (Wildman–Crippen MR) is 69.7 cm³/mol. The molecule has 0 saturated heterocycles. The molecule has 0 bridgehead atoms. The van der Waals surface area contributed by atoms with E-state index in [-0.39, 0.29) is 11.2 Å². The zero-order chi connectivity index (χ0) is 12.8. The summed E-state index contributed by atoms with van der Waals surface area (Å²) in [6, 6.07) is 1.64. The second kappa shape index (κ2) is 4.38. The lowest BCUT2D eigenvalue weighted by Gasteiger charge is -2.20. The van der Waals surface area contributed by atoms with Crippen LogP contribution in [0.1, 0.15) is 24.8 Å². The molecule has 0 spiro atoms. The Kier molecular flexibility index (Phi) is 2.98. The molecule has 2 N–H and O–H groups in total. The SMILES string of the molecule is NCC1(c2c(F)c(Br)cc3c2OCCCO3)CC1. The molecule has 1 saturated carbocycles. The first kappa shape index (κ1) is 12.2. The van der Waals surface area contributed by atoms with E-state index in [0.29, 0.717) is 41.3 Å². The maximum absolute atomic E-state index is 14.4. The first-order valence-electron chi connectivity index (χ1n) is 6.16. The quantitative estimate of drug-likeness (QED) is 0.912. The molecule has 18 heavy (non-hydrogen) atoms. The molecule has 0 unspecified atom stereocenters. The van der Waals surface area contributed by atoms with Gasteiger partial charge in [0.1, 0.15) is 5.82 Å². The molecular formula is C13H15BrFNO2. The first-order chi connectivity index (χ1) is 8.68. The summed E-state index contributed by atoms with van der Waals surface area (Å²) in [4.78, 5) is 0. The van der Waals surface area contributed by atoms with Crippen LogP contribution < -0.4 is 15.2 Å². The van der Waals surface area contributed by atoms with Crippen molar-refractivity contribution < 1.29 is 13.9 Å². The first-order valence-corrected chi connectivity index (χ1v) is 6.95. The van der Waals surface area contributed by atoms with Gasteiger partial charge in [0, 0.05) is 30.0 Å². The number of fused-ring (bicyclic) bond motifs is 1. The van der Waals surface area contributed by atoms with Crippen molar-refractivity contribution in [2.24, 2.45) is 5.73 Å². The van der Waals surface area contributed by atoms with E-state index in [0.717, 1.165) is 19.3 Å². The van der Waals surface area contributed by atoms with Crippen molar-refractivity contribution in [2.45, 2.75) is 24.7 Å². The number of ether oxygens (including phenoxy) is 2. The topological polar surface area (TPSA) is 44.5 Å². The summed E-state index contributed by atoms with van der Waals surface area (Å²) in [7, 11) is 0. The monoisotopic (exact) mass is 315 g/mol. The maximum atomic E-state index is 14.4. The van der Waals surface area contributed by atoms with Gasteiger partial charge < -0.3 is 15.2 Å². The average molecular weight is 316 g/mol. The normalized spacial score (nSPS) is 20.4. The van der Waals surface area contributed by atoms with E-state index >= 15 is 0 Å². The standard InChI is InChI=1S/C13H15BrFNO2/c14-8-6-9-12(18-5-1-4-17-9)10(11(8)15)13(7-16)2-3-13/h6H,1-5,7,16H2. The van der Waals surface area contributed by atoms with Crippen LogP contribution >= 0.6 is 15.9 Å². The van der Waals surface area contributed by atoms with Gasteiger partial charge in [0.15, 0.2) is 11.5 Å². The number of hydrogen-bond donors (Lipinski definition) is 1. The lowest BCUT2D eigenvalue weighted by Crippen LogP contribution is -2.22. The van der Waals surface area contributed by atoms with Gasteiger partial charge in [-0.05, 0) is 28.8 Å². The molecule has 1 aliphatic carbocycles. The molecular weight excluding hydrogens is 301 g/mol. The molecule has 0 amide bonds. The van der Waals surface area contributed by atoms with Crippen molar-refractivity contribution in [1.29, 1.82) is 0 Å². The van der Waals surface area contributed by atoms with Crippen molar-refractivity contribution in [3.8, 4) is 11.5 Å². The van der Waals surface area contributed by atoms with E-state index in [1.165, 1.54) is 0 Å². The molecule has 0 aromatic heterocycles. The third kappa shape index (κ3) is 1.80. The molecule has 5 heteroatoms. The second-order valence-electron chi connectivity index (χ2n) is 4.91. The Morgan fingerprint density at radius 1 is 1.33 bits per heavy atom. The van der Waals surface area contributed by atoms with Gasteiger partial charge in [0.05, 0.1) is 17.7 Å². The van der Waals surface area contributed by atoms with E-state index in [1.807, 2.05) is 0 Å². The van der Waals surface area contributed by atoms with Crippen LogP contribution in [0.2, 0.25) is 0 Å². The Morgan fingerprint density at radius 3 is 2.72 bits per heavy atom. The van der Waals surface area contributed by atoms with Crippen molar-refractivity contribution in [3.63, 3.8) is 0 Å². The van der Waals surface area contributed by atoms with Crippen LogP contribution in [0.5, 0.6) is 11.5 Å². The average Bonchev–Trinajstić information content (AvgIpc) is 3.15. The smallest absolute Gasteiger partial charge is 0.167 e. The van der Waals surface area contributed by atoms with E-state index in [1.54, 1.807) is 6.07 Å². The van der Waals surface area contributed by atoms with Crippen LogP contribution in [0.3, 0.4) is 0 Å². The molecule has 1 heterocycles. The Bertz CT molecular complexity index is 488. The summed E-state index contributed by atoms with van der Waals surface area (Å²) in [5, 5.41) is 0. The van der Waals surface area contributed by atoms with Gasteiger partial charge in [-0.1, -0.05) is 0 Å². The highest BCUT2D eigenvalue weighted by atomic mass is 79.9. The summed E-state index contributed by atoms with van der Waals surface area (Å²) in [5.74, 6) is 0.911. The third-order valence-corrected chi connectivity index (χ3v) is 4.28. The molecule has 1 aromatic rings. The minimum atomic E-state index is -0.262. The third-order valence-electron chi connectivity index (χ3n) is 3.71. The Balaban J connectivity index is 2.19. The predicted octanol–water partition coefficient (Wildman–Crippen LogP) is 2.74. The zero-order valence-corrected chi connectivity index (χ0v) is 11.6. The van der Waals surface area contributed by atoms with Crippen LogP contribution in [-0.2, 0) is 5.41 Å². The fourth-order valence-corrected chi connectivity index (χ4v) is 2.84. The number of hydrogen-bond acceptors (Lipinski definition) is 3. The molecule has 0 radical (unpaired) electrons. The Morgan fingerprint density at radius 2 is 2.06 bits per heavy atom. The van der Waals surface area contributed by atoms with Gasteiger partial charge in [-0.3, -0.25) is 0 Å². The van der Waals surface area contributed by atoms with Gasteiger partial charge >= 0.3 is 0 Å². The number of nitrogens with two attached hydrogens (primary N) is 1. The van der Waals surface area contributed by atoms with Crippen LogP contribution in [0.4, 0.5) is 4.39 Å². The number of rotatable bonds is 2. The summed E-state index contributed by atoms with van der Waals surface area (Å²) < 4.78 is 26.2. The van der Waals surface area contributed by atoms with E-state index < -0.39 is 0 Å². The van der Waals surface area contributed by atoms with Crippen LogP contribution in [0.15, 0.2) is 10.5 Å². The van der Waals surface area contributed by atoms with Crippen molar-refractivity contribution in [1.82, 2.24) is 0 Å². The second-order valence-corrected chi connectivity index (χ2v) is 5.76. The lowest BCUT2D eigenvalue weighted by atomic mass is 9.94. The Hall–Kier alpha value is -0.810. The van der Waals surface area contributed by atoms with E-state index in [2.05, 4.69) is 15.9 Å². The van der Waals surface area contributed by atoms with Crippen LogP contribution in [0.25, 0.3) is 0 Å². The summed E-state index contributed by atoms with van der Waals surface area (Å²) in [6.07, 6.45) is 2.63. The van der Waals surface area contributed by atoms with Gasteiger partial charge in [-0.25, -0.2) is 4.39 Å². The highest BCUT2D eigenvalue weighted by Gasteiger charge is 2.48. The molecule has 1 aromatic carbocycles. The summed E-state index contributed by atoms with van der Waals surface area (Å²) in [5.41, 5.74) is 6.15. The van der Waals surface area contributed by atoms with Crippen LogP contribution in [-0.4, -0.2) is 19.8 Å². The minimum Gasteiger partial charge on any atom is -0.490 e. The lowest BCUT2D eigenvalue weighted by molar-refractivity contribution is 0.295. The molecule has 1 aliphatic heterocycles. The fourth-order valence-electron chi connectivity index (χ4n) is 2.43. The van der Waals surface area contributed by atoms with Crippen molar-refractivity contribution in [3.05, 3.63) is 21.9 Å². The molecule has 98 valence electrons. The molecule has 3 nitrogen and oxygen atoms in total. The number of halogens is 2. The largest absolute Gasteiger partial charge is 0.490 e. The molecule has 2 aliphatic rings. The zero-order valence-electron chi connectivity index (χ0n) is 9.97. The van der Waals surface area contributed by atoms with E-state index in [9.17, 15) is 4.39 Å². The summed E-state index contributed by atoms with van der Waals surface area (Å²) >= 11 is 3.25. The maximum Gasteiger partial charge on any atom is 0.167 e. The number of benzene rings is 1. The Labute approximate surface area is 114 Å². The molecule has 3 rings (SSSR count). The minimum absolute atomic E-state index is 0.258. The highest BCUT2D eigenvalue weighted by molar-refractivity contribution is 9.10. The van der Waals surface area contributed by atoms with Crippen LogP contribution in [0, 0.1) is 5.82 Å². The van der Waals surface area contributed by atoms with Crippen molar-refractivity contribution >= 4 is 15.9 Å². The fraction of sp³-hybridized carbons (Fsp3) is 0.538. The van der Waals surface area contributed by atoms with Gasteiger partial charge in [-0.2, -0.15) is 0 Å². The summed E-state index contributed by atoms with van der Waals surface area (Å²) in [6.45, 7) is 1.60. The van der Waals surface area contributed by atoms with Gasteiger partial charge in [0.25, 0.3) is 0 Å². The van der Waals surface area contributed by atoms with E-state index in [4.69, 9.17) is 15.2 Å². The molecule has 1 fully saturated rings. The van der Waals surface area contributed by atoms with Gasteiger partial charge in [-0.15, -0.1) is 0 Å².